The molecular weight excluding hydrogens is 348 g/mol. The fraction of sp³-hybridized carbons (Fsp3) is 0.333. The molecule has 4 nitrogen and oxygen atoms in total. The third kappa shape index (κ3) is 3.21. The molecule has 0 unspecified atom stereocenters. The maximum Gasteiger partial charge on any atom is 0.338 e. The van der Waals surface area contributed by atoms with Gasteiger partial charge in [0.15, 0.2) is 6.54 Å². The van der Waals surface area contributed by atoms with Gasteiger partial charge in [-0.3, -0.25) is 0 Å². The summed E-state index contributed by atoms with van der Waals surface area (Å²) in [6.45, 7) is 6.55. The van der Waals surface area contributed by atoms with Gasteiger partial charge < -0.3 is 17.1 Å². The molecule has 5 heteroatoms. The minimum absolute atomic E-state index is 0. The quantitative estimate of drug-likeness (QED) is 0.503. The van der Waals surface area contributed by atoms with Gasteiger partial charge in [0.2, 0.25) is 5.52 Å². The van der Waals surface area contributed by atoms with Crippen LogP contribution in [0, 0.1) is 5.92 Å². The van der Waals surface area contributed by atoms with Gasteiger partial charge in [-0.2, -0.15) is 4.68 Å². The summed E-state index contributed by atoms with van der Waals surface area (Å²) in [5.74, 6) is 0.0902. The molecule has 4 rings (SSSR count). The first kappa shape index (κ1) is 18.5. The van der Waals surface area contributed by atoms with E-state index in [2.05, 4.69) is 39.7 Å². The van der Waals surface area contributed by atoms with E-state index in [1.807, 2.05) is 32.0 Å². The number of ether oxygens (including phenoxy) is 1. The summed E-state index contributed by atoms with van der Waals surface area (Å²) in [5.41, 5.74) is 4.17. The molecule has 136 valence electrons. The van der Waals surface area contributed by atoms with Crippen LogP contribution in [0.3, 0.4) is 0 Å². The highest BCUT2D eigenvalue weighted by Gasteiger charge is 2.29. The summed E-state index contributed by atoms with van der Waals surface area (Å²) in [7, 11) is 0. The Balaban J connectivity index is 0.00000196. The van der Waals surface area contributed by atoms with Crippen molar-refractivity contribution < 1.29 is 26.6 Å². The number of esters is 1. The monoisotopic (exact) mass is 370 g/mol. The number of nitrogens with zero attached hydrogens (tertiary/aromatic N) is 2. The van der Waals surface area contributed by atoms with Crippen molar-refractivity contribution >= 4 is 16.9 Å². The van der Waals surface area contributed by atoms with Crippen LogP contribution in [0.2, 0.25) is 0 Å². The average Bonchev–Trinajstić information content (AvgIpc) is 3.20. The Labute approximate surface area is 159 Å². The van der Waals surface area contributed by atoms with E-state index >= 15 is 0 Å². The van der Waals surface area contributed by atoms with Crippen molar-refractivity contribution in [3.8, 4) is 11.3 Å². The predicted octanol–water partition coefficient (Wildman–Crippen LogP) is 0.816. The van der Waals surface area contributed by atoms with Gasteiger partial charge in [-0.1, -0.05) is 44.2 Å². The number of rotatable bonds is 4. The van der Waals surface area contributed by atoms with Crippen molar-refractivity contribution in [2.24, 2.45) is 5.92 Å². The molecule has 0 saturated heterocycles. The number of aromatic nitrogens is 2. The van der Waals surface area contributed by atoms with Crippen LogP contribution < -0.4 is 17.1 Å². The summed E-state index contributed by atoms with van der Waals surface area (Å²) in [4.78, 5) is 12.4. The van der Waals surface area contributed by atoms with E-state index in [0.717, 1.165) is 24.9 Å². The SMILES string of the molecule is CC(C)COC(=O)c1ccc2c(c1)c(-c1ccccc1)n1[n+]2CCC1.[Cl-]. The second-order valence-electron chi connectivity index (χ2n) is 7.04. The first-order valence-electron chi connectivity index (χ1n) is 8.94. The number of carbonyl (C=O) groups is 1. The highest BCUT2D eigenvalue weighted by Crippen LogP contribution is 2.30. The standard InChI is InChI=1S/C21H23N2O2.ClH/c1-15(2)14-25-21(24)17-9-10-19-18(13-17)20(16-7-4-3-5-8-16)23-12-6-11-22(19)23;/h3-5,7-10,13,15H,6,11-12,14H2,1-2H3;1H/q+1;/p-1. The molecule has 0 saturated carbocycles. The van der Waals surface area contributed by atoms with Gasteiger partial charge in [-0.25, -0.2) is 4.79 Å². The molecular formula is C21H23ClN2O2. The number of hydrogen-bond acceptors (Lipinski definition) is 2. The molecule has 1 aliphatic heterocycles. The molecule has 26 heavy (non-hydrogen) atoms. The summed E-state index contributed by atoms with van der Waals surface area (Å²) in [6.07, 6.45) is 1.15. The lowest BCUT2D eigenvalue weighted by Gasteiger charge is -2.07. The highest BCUT2D eigenvalue weighted by atomic mass is 35.5. The Morgan fingerprint density at radius 2 is 1.96 bits per heavy atom. The van der Waals surface area contributed by atoms with E-state index in [0.29, 0.717) is 18.1 Å². The van der Waals surface area contributed by atoms with Crippen molar-refractivity contribution in [2.45, 2.75) is 33.4 Å². The zero-order chi connectivity index (χ0) is 17.4. The van der Waals surface area contributed by atoms with Crippen LogP contribution >= 0.6 is 0 Å². The van der Waals surface area contributed by atoms with E-state index in [1.54, 1.807) is 0 Å². The number of hydrogen-bond donors (Lipinski definition) is 0. The molecule has 0 bridgehead atoms. The molecule has 0 radical (unpaired) electrons. The van der Waals surface area contributed by atoms with Gasteiger partial charge in [0.1, 0.15) is 5.69 Å². The van der Waals surface area contributed by atoms with Gasteiger partial charge >= 0.3 is 5.97 Å². The normalized spacial score (nSPS) is 12.9. The van der Waals surface area contributed by atoms with Gasteiger partial charge in [0.25, 0.3) is 0 Å². The Bertz CT molecular complexity index is 932. The van der Waals surface area contributed by atoms with Gasteiger partial charge in [0.05, 0.1) is 24.1 Å². The molecule has 0 spiro atoms. The molecule has 0 fully saturated rings. The largest absolute Gasteiger partial charge is 1.00 e. The number of fused-ring (bicyclic) bond motifs is 3. The van der Waals surface area contributed by atoms with Crippen molar-refractivity contribution in [3.63, 3.8) is 0 Å². The minimum Gasteiger partial charge on any atom is -1.00 e. The number of carbonyl (C=O) groups excluding carboxylic acids is 1. The van der Waals surface area contributed by atoms with Crippen molar-refractivity contribution in [1.82, 2.24) is 4.68 Å². The third-order valence-corrected chi connectivity index (χ3v) is 4.65. The van der Waals surface area contributed by atoms with Crippen LogP contribution in [-0.2, 0) is 17.8 Å². The molecule has 1 aliphatic rings. The predicted molar refractivity (Wildman–Crippen MR) is 97.3 cm³/mol. The van der Waals surface area contributed by atoms with Gasteiger partial charge in [-0.15, -0.1) is 4.68 Å². The summed E-state index contributed by atoms with van der Waals surface area (Å²) in [5, 5.41) is 1.12. The summed E-state index contributed by atoms with van der Waals surface area (Å²) in [6, 6.07) is 16.3. The molecule has 0 N–H and O–H groups in total. The first-order valence-corrected chi connectivity index (χ1v) is 8.94. The van der Waals surface area contributed by atoms with E-state index < -0.39 is 0 Å². The third-order valence-electron chi connectivity index (χ3n) is 4.65. The van der Waals surface area contributed by atoms with Crippen molar-refractivity contribution in [2.75, 3.05) is 6.61 Å². The highest BCUT2D eigenvalue weighted by molar-refractivity contribution is 5.98. The lowest BCUT2D eigenvalue weighted by atomic mass is 10.0. The minimum atomic E-state index is -0.244. The van der Waals surface area contributed by atoms with E-state index in [-0.39, 0.29) is 18.4 Å². The molecule has 1 aromatic heterocycles. The molecule has 2 heterocycles. The van der Waals surface area contributed by atoms with Crippen LogP contribution in [0.4, 0.5) is 0 Å². The number of benzene rings is 2. The lowest BCUT2D eigenvalue weighted by Crippen LogP contribution is -3.00. The smallest absolute Gasteiger partial charge is 0.338 e. The number of aryl methyl sites for hydroxylation is 1. The lowest BCUT2D eigenvalue weighted by molar-refractivity contribution is -0.733. The topological polar surface area (TPSA) is 35.1 Å². The summed E-state index contributed by atoms with van der Waals surface area (Å²) >= 11 is 0. The molecule has 3 aromatic rings. The van der Waals surface area contributed by atoms with E-state index in [9.17, 15) is 4.79 Å². The Hall–Kier alpha value is -2.33. The summed E-state index contributed by atoms with van der Waals surface area (Å²) < 4.78 is 10.1. The van der Waals surface area contributed by atoms with Crippen LogP contribution in [0.1, 0.15) is 30.6 Å². The van der Waals surface area contributed by atoms with Gasteiger partial charge in [-0.05, 0) is 18.1 Å². The Kier molecular flexibility index (Phi) is 5.33. The zero-order valence-corrected chi connectivity index (χ0v) is 15.9. The van der Waals surface area contributed by atoms with Crippen LogP contribution in [0.15, 0.2) is 48.5 Å². The van der Waals surface area contributed by atoms with Crippen LogP contribution in [0.25, 0.3) is 22.2 Å². The molecule has 0 aliphatic carbocycles. The fourth-order valence-corrected chi connectivity index (χ4v) is 3.54. The van der Waals surface area contributed by atoms with E-state index in [1.165, 1.54) is 16.8 Å². The molecule has 0 amide bonds. The van der Waals surface area contributed by atoms with E-state index in [4.69, 9.17) is 4.74 Å². The maximum absolute atomic E-state index is 12.4. The number of halogens is 1. The molecule has 0 atom stereocenters. The van der Waals surface area contributed by atoms with Crippen LogP contribution in [0.5, 0.6) is 0 Å². The zero-order valence-electron chi connectivity index (χ0n) is 15.1. The average molecular weight is 371 g/mol. The Morgan fingerprint density at radius 1 is 1.19 bits per heavy atom. The second-order valence-corrected chi connectivity index (χ2v) is 7.04. The van der Waals surface area contributed by atoms with Gasteiger partial charge in [0, 0.05) is 18.1 Å². The van der Waals surface area contributed by atoms with Crippen molar-refractivity contribution in [3.05, 3.63) is 54.1 Å². The maximum atomic E-state index is 12.4. The molecule has 2 aromatic carbocycles. The van der Waals surface area contributed by atoms with Crippen molar-refractivity contribution in [1.29, 1.82) is 0 Å². The Morgan fingerprint density at radius 3 is 2.69 bits per heavy atom. The second kappa shape index (κ2) is 7.50. The van der Waals surface area contributed by atoms with Crippen LogP contribution in [-0.4, -0.2) is 17.3 Å². The fourth-order valence-electron chi connectivity index (χ4n) is 3.54. The first-order chi connectivity index (χ1) is 12.1.